The SMILES string of the molecule is Cc1ccc(C(C)Nc2ccc(C)cc2F)c(C)c1. The summed E-state index contributed by atoms with van der Waals surface area (Å²) >= 11 is 0. The lowest BCUT2D eigenvalue weighted by Crippen LogP contribution is -2.09. The third-order valence-corrected chi connectivity index (χ3v) is 3.39. The van der Waals surface area contributed by atoms with E-state index < -0.39 is 0 Å². The van der Waals surface area contributed by atoms with Gasteiger partial charge >= 0.3 is 0 Å². The van der Waals surface area contributed by atoms with Crippen molar-refractivity contribution in [2.45, 2.75) is 33.7 Å². The largest absolute Gasteiger partial charge is 0.376 e. The van der Waals surface area contributed by atoms with Gasteiger partial charge in [0.2, 0.25) is 0 Å². The van der Waals surface area contributed by atoms with Gasteiger partial charge in [0.05, 0.1) is 5.69 Å². The highest BCUT2D eigenvalue weighted by Gasteiger charge is 2.10. The number of aryl methyl sites for hydroxylation is 3. The van der Waals surface area contributed by atoms with Crippen LogP contribution in [0.3, 0.4) is 0 Å². The van der Waals surface area contributed by atoms with Crippen LogP contribution in [-0.2, 0) is 0 Å². The molecule has 0 fully saturated rings. The summed E-state index contributed by atoms with van der Waals surface area (Å²) in [4.78, 5) is 0. The summed E-state index contributed by atoms with van der Waals surface area (Å²) in [6.07, 6.45) is 0. The molecule has 0 spiro atoms. The van der Waals surface area contributed by atoms with E-state index in [-0.39, 0.29) is 11.9 Å². The zero-order valence-electron chi connectivity index (χ0n) is 11.9. The van der Waals surface area contributed by atoms with Gasteiger partial charge in [-0.1, -0.05) is 29.8 Å². The van der Waals surface area contributed by atoms with Crippen LogP contribution in [0, 0.1) is 26.6 Å². The predicted molar refractivity (Wildman–Crippen MR) is 79.1 cm³/mol. The molecule has 100 valence electrons. The molecule has 0 aliphatic rings. The quantitative estimate of drug-likeness (QED) is 0.822. The van der Waals surface area contributed by atoms with Crippen molar-refractivity contribution in [1.82, 2.24) is 0 Å². The van der Waals surface area contributed by atoms with E-state index in [0.29, 0.717) is 5.69 Å². The third kappa shape index (κ3) is 3.14. The van der Waals surface area contributed by atoms with Crippen LogP contribution < -0.4 is 5.32 Å². The Labute approximate surface area is 114 Å². The molecule has 0 heterocycles. The Morgan fingerprint density at radius 2 is 1.58 bits per heavy atom. The van der Waals surface area contributed by atoms with Crippen molar-refractivity contribution in [1.29, 1.82) is 0 Å². The van der Waals surface area contributed by atoms with Crippen LogP contribution in [0.1, 0.15) is 35.2 Å². The summed E-state index contributed by atoms with van der Waals surface area (Å²) in [5, 5.41) is 3.24. The summed E-state index contributed by atoms with van der Waals surface area (Å²) in [6.45, 7) is 8.11. The Morgan fingerprint density at radius 3 is 2.21 bits per heavy atom. The Hall–Kier alpha value is -1.83. The molecule has 0 aliphatic heterocycles. The molecule has 0 aromatic heterocycles. The minimum absolute atomic E-state index is 0.0813. The zero-order valence-corrected chi connectivity index (χ0v) is 11.9. The van der Waals surface area contributed by atoms with Crippen molar-refractivity contribution in [3.63, 3.8) is 0 Å². The number of hydrogen-bond acceptors (Lipinski definition) is 1. The van der Waals surface area contributed by atoms with Gasteiger partial charge < -0.3 is 5.32 Å². The first kappa shape index (κ1) is 13.6. The van der Waals surface area contributed by atoms with Crippen LogP contribution in [0.2, 0.25) is 0 Å². The van der Waals surface area contributed by atoms with E-state index in [1.165, 1.54) is 16.7 Å². The maximum atomic E-state index is 13.8. The van der Waals surface area contributed by atoms with Gasteiger partial charge in [-0.2, -0.15) is 0 Å². The molecule has 0 bridgehead atoms. The molecule has 2 aromatic rings. The monoisotopic (exact) mass is 257 g/mol. The standard InChI is InChI=1S/C17H20FN/c1-11-5-7-15(13(3)9-11)14(4)19-17-8-6-12(2)10-16(17)18/h5-10,14,19H,1-4H3. The molecule has 1 nitrogen and oxygen atoms in total. The number of halogens is 1. The minimum atomic E-state index is -0.198. The molecule has 19 heavy (non-hydrogen) atoms. The molecule has 1 unspecified atom stereocenters. The maximum absolute atomic E-state index is 13.8. The molecule has 2 rings (SSSR count). The second kappa shape index (κ2) is 5.43. The summed E-state index contributed by atoms with van der Waals surface area (Å²) in [7, 11) is 0. The first-order valence-corrected chi connectivity index (χ1v) is 6.57. The van der Waals surface area contributed by atoms with Crippen molar-refractivity contribution in [2.24, 2.45) is 0 Å². The second-order valence-electron chi connectivity index (χ2n) is 5.21. The van der Waals surface area contributed by atoms with E-state index in [1.54, 1.807) is 12.1 Å². The average molecular weight is 257 g/mol. The first-order chi connectivity index (χ1) is 8.97. The number of anilines is 1. The van der Waals surface area contributed by atoms with Gasteiger partial charge in [0.1, 0.15) is 5.82 Å². The number of rotatable bonds is 3. The summed E-state index contributed by atoms with van der Waals surface area (Å²) < 4.78 is 13.8. The molecule has 1 N–H and O–H groups in total. The van der Waals surface area contributed by atoms with E-state index in [9.17, 15) is 4.39 Å². The van der Waals surface area contributed by atoms with Gasteiger partial charge in [0, 0.05) is 6.04 Å². The summed E-state index contributed by atoms with van der Waals surface area (Å²) in [6, 6.07) is 11.7. The van der Waals surface area contributed by atoms with Crippen LogP contribution in [0.5, 0.6) is 0 Å². The summed E-state index contributed by atoms with van der Waals surface area (Å²) in [5.41, 5.74) is 5.16. The lowest BCUT2D eigenvalue weighted by Gasteiger charge is -2.19. The Bertz CT molecular complexity index is 590. The first-order valence-electron chi connectivity index (χ1n) is 6.57. The zero-order chi connectivity index (χ0) is 14.0. The Balaban J connectivity index is 2.23. The number of nitrogens with one attached hydrogen (secondary N) is 1. The normalized spacial score (nSPS) is 12.3. The molecule has 1 atom stereocenters. The maximum Gasteiger partial charge on any atom is 0.146 e. The van der Waals surface area contributed by atoms with E-state index in [2.05, 4.69) is 44.3 Å². The minimum Gasteiger partial charge on any atom is -0.376 e. The highest BCUT2D eigenvalue weighted by atomic mass is 19.1. The van der Waals surface area contributed by atoms with Gasteiger partial charge in [-0.3, -0.25) is 0 Å². The van der Waals surface area contributed by atoms with Crippen LogP contribution in [-0.4, -0.2) is 0 Å². The molecule has 2 heteroatoms. The van der Waals surface area contributed by atoms with Gasteiger partial charge in [-0.15, -0.1) is 0 Å². The van der Waals surface area contributed by atoms with E-state index in [4.69, 9.17) is 0 Å². The summed E-state index contributed by atoms with van der Waals surface area (Å²) in [5.74, 6) is -0.198. The molecule has 0 saturated heterocycles. The molecule has 2 aromatic carbocycles. The number of benzene rings is 2. The van der Waals surface area contributed by atoms with Crippen LogP contribution in [0.25, 0.3) is 0 Å². The molecule has 0 amide bonds. The highest BCUT2D eigenvalue weighted by Crippen LogP contribution is 2.25. The fraction of sp³-hybridized carbons (Fsp3) is 0.294. The van der Waals surface area contributed by atoms with Gasteiger partial charge in [0.25, 0.3) is 0 Å². The van der Waals surface area contributed by atoms with E-state index in [1.807, 2.05) is 13.0 Å². The van der Waals surface area contributed by atoms with Crippen molar-refractivity contribution < 1.29 is 4.39 Å². The van der Waals surface area contributed by atoms with Gasteiger partial charge in [-0.05, 0) is 56.5 Å². The fourth-order valence-electron chi connectivity index (χ4n) is 2.36. The smallest absolute Gasteiger partial charge is 0.146 e. The molecule has 0 aliphatic carbocycles. The Kier molecular flexibility index (Phi) is 3.89. The molecule has 0 saturated carbocycles. The van der Waals surface area contributed by atoms with Crippen molar-refractivity contribution >= 4 is 5.69 Å². The second-order valence-corrected chi connectivity index (χ2v) is 5.21. The molecular weight excluding hydrogens is 237 g/mol. The van der Waals surface area contributed by atoms with Crippen LogP contribution >= 0.6 is 0 Å². The van der Waals surface area contributed by atoms with Crippen molar-refractivity contribution in [3.8, 4) is 0 Å². The van der Waals surface area contributed by atoms with E-state index >= 15 is 0 Å². The topological polar surface area (TPSA) is 12.0 Å². The third-order valence-electron chi connectivity index (χ3n) is 3.39. The van der Waals surface area contributed by atoms with Crippen molar-refractivity contribution in [2.75, 3.05) is 5.32 Å². The number of hydrogen-bond donors (Lipinski definition) is 1. The molecule has 0 radical (unpaired) electrons. The van der Waals surface area contributed by atoms with Crippen molar-refractivity contribution in [3.05, 3.63) is 64.5 Å². The fourth-order valence-corrected chi connectivity index (χ4v) is 2.36. The van der Waals surface area contributed by atoms with Crippen LogP contribution in [0.15, 0.2) is 36.4 Å². The average Bonchev–Trinajstić information content (AvgIpc) is 2.32. The Morgan fingerprint density at radius 1 is 0.947 bits per heavy atom. The van der Waals surface area contributed by atoms with Gasteiger partial charge in [0.15, 0.2) is 0 Å². The predicted octanol–water partition coefficient (Wildman–Crippen LogP) is 4.92. The lowest BCUT2D eigenvalue weighted by atomic mass is 10.00. The van der Waals surface area contributed by atoms with Gasteiger partial charge in [-0.25, -0.2) is 4.39 Å². The molecular formula is C17H20FN. The highest BCUT2D eigenvalue weighted by molar-refractivity contribution is 5.49. The van der Waals surface area contributed by atoms with E-state index in [0.717, 1.165) is 5.56 Å². The lowest BCUT2D eigenvalue weighted by molar-refractivity contribution is 0.626. The van der Waals surface area contributed by atoms with Crippen LogP contribution in [0.4, 0.5) is 10.1 Å².